The number of aromatic nitrogens is 5. The number of nitrogen functional groups attached to an aromatic ring is 2. The number of carbonyl (C=O) groups excluding carboxylic acids is 1. The van der Waals surface area contributed by atoms with Crippen LogP contribution in [0.5, 0.6) is 0 Å². The van der Waals surface area contributed by atoms with Crippen LogP contribution in [0.1, 0.15) is 33.5 Å². The molecule has 3 heterocycles. The molecule has 0 aliphatic rings. The molecule has 0 saturated carbocycles. The molecule has 1 unspecified atom stereocenters. The third-order valence-electron chi connectivity index (χ3n) is 6.71. The zero-order valence-corrected chi connectivity index (χ0v) is 21.8. The summed E-state index contributed by atoms with van der Waals surface area (Å²) in [5, 5.41) is 13.0. The largest absolute Gasteiger partial charge is 0.383 e. The van der Waals surface area contributed by atoms with Crippen LogP contribution in [0.4, 0.5) is 11.6 Å². The normalized spacial score (nSPS) is 12.2. The zero-order valence-electron chi connectivity index (χ0n) is 21.0. The number of nitrogens with two attached hydrogens (primary N) is 2. The van der Waals surface area contributed by atoms with Crippen LogP contribution in [-0.2, 0) is 6.42 Å². The number of aryl methyl sites for hydroxylation is 1. The number of benzene rings is 3. The number of nitrogens with zero attached hydrogens (tertiary/aromatic N) is 3. The van der Waals surface area contributed by atoms with E-state index in [-0.39, 0.29) is 5.91 Å². The fourth-order valence-electron chi connectivity index (χ4n) is 4.79. The predicted molar refractivity (Wildman–Crippen MR) is 154 cm³/mol. The molecule has 39 heavy (non-hydrogen) atoms. The molecule has 7 N–H and O–H groups in total. The highest BCUT2D eigenvalue weighted by Gasteiger charge is 2.23. The summed E-state index contributed by atoms with van der Waals surface area (Å²) in [4.78, 5) is 25.8. The van der Waals surface area contributed by atoms with E-state index in [0.717, 1.165) is 38.5 Å². The Balaban J connectivity index is 1.35. The van der Waals surface area contributed by atoms with E-state index in [0.29, 0.717) is 40.3 Å². The van der Waals surface area contributed by atoms with E-state index in [1.54, 1.807) is 6.07 Å². The van der Waals surface area contributed by atoms with Crippen molar-refractivity contribution in [3.8, 4) is 11.3 Å². The second-order valence-electron chi connectivity index (χ2n) is 9.45. The number of imidazole rings is 1. The van der Waals surface area contributed by atoms with Crippen molar-refractivity contribution in [2.75, 3.05) is 11.5 Å². The summed E-state index contributed by atoms with van der Waals surface area (Å²) in [6, 6.07) is 22.4. The number of nitrogens with one attached hydrogen (secondary N) is 3. The summed E-state index contributed by atoms with van der Waals surface area (Å²) in [5.74, 6) is 1.17. The van der Waals surface area contributed by atoms with Gasteiger partial charge in [-0.1, -0.05) is 48.0 Å². The summed E-state index contributed by atoms with van der Waals surface area (Å²) in [6.07, 6.45) is 0.509. The van der Waals surface area contributed by atoms with Crippen molar-refractivity contribution in [1.29, 1.82) is 0 Å². The standard InChI is InChI=1S/C29H25ClN8O/c1-15-11-19-13-18(8-9-20(19)26(31)33-15)29(39)34-23(12-16-5-3-2-4-6-16)28-35-24(25(30)36-28)17-7-10-21-22(14-17)37-38-27(21)32/h2-11,13-14,23H,12H2,1H3,(H2,31,33)(H,34,39)(H,35,36)(H3,32,37,38). The molecule has 6 rings (SSSR count). The number of hydrogen-bond donors (Lipinski definition) is 5. The summed E-state index contributed by atoms with van der Waals surface area (Å²) in [6.45, 7) is 1.87. The van der Waals surface area contributed by atoms with Gasteiger partial charge >= 0.3 is 0 Å². The Morgan fingerprint density at radius 2 is 1.77 bits per heavy atom. The summed E-state index contributed by atoms with van der Waals surface area (Å²) < 4.78 is 0. The fourth-order valence-corrected chi connectivity index (χ4v) is 5.03. The molecule has 194 valence electrons. The lowest BCUT2D eigenvalue weighted by Crippen LogP contribution is -2.30. The highest BCUT2D eigenvalue weighted by molar-refractivity contribution is 6.32. The maximum atomic E-state index is 13.5. The van der Waals surface area contributed by atoms with Crippen molar-refractivity contribution in [2.24, 2.45) is 0 Å². The molecule has 6 aromatic rings. The first-order valence-corrected chi connectivity index (χ1v) is 12.7. The summed E-state index contributed by atoms with van der Waals surface area (Å²) in [5.41, 5.74) is 16.5. The number of rotatable bonds is 6. The molecular formula is C29H25ClN8O. The Morgan fingerprint density at radius 1 is 0.974 bits per heavy atom. The second kappa shape index (κ2) is 9.77. The van der Waals surface area contributed by atoms with Gasteiger partial charge < -0.3 is 21.8 Å². The van der Waals surface area contributed by atoms with Crippen LogP contribution in [0.2, 0.25) is 5.15 Å². The first-order chi connectivity index (χ1) is 18.9. The summed E-state index contributed by atoms with van der Waals surface area (Å²) >= 11 is 6.63. The Labute approximate surface area is 228 Å². The first-order valence-electron chi connectivity index (χ1n) is 12.4. The van der Waals surface area contributed by atoms with Crippen LogP contribution >= 0.6 is 11.6 Å². The number of pyridine rings is 1. The van der Waals surface area contributed by atoms with Crippen LogP contribution in [0.15, 0.2) is 72.8 Å². The van der Waals surface area contributed by atoms with Crippen molar-refractivity contribution in [3.05, 3.63) is 101 Å². The molecule has 3 aromatic carbocycles. The molecule has 0 fully saturated rings. The van der Waals surface area contributed by atoms with Crippen LogP contribution in [-0.4, -0.2) is 31.1 Å². The van der Waals surface area contributed by atoms with Crippen LogP contribution < -0.4 is 16.8 Å². The minimum atomic E-state index is -0.474. The van der Waals surface area contributed by atoms with Gasteiger partial charge in [0.15, 0.2) is 5.82 Å². The molecule has 10 heteroatoms. The lowest BCUT2D eigenvalue weighted by Gasteiger charge is -2.17. The van der Waals surface area contributed by atoms with Crippen molar-refractivity contribution in [2.45, 2.75) is 19.4 Å². The number of hydrogen-bond acceptors (Lipinski definition) is 6. The van der Waals surface area contributed by atoms with E-state index in [9.17, 15) is 4.79 Å². The number of amides is 1. The molecule has 3 aromatic heterocycles. The average Bonchev–Trinajstić information content (AvgIpc) is 3.50. The fraction of sp³-hybridized carbons (Fsp3) is 0.103. The van der Waals surface area contributed by atoms with Gasteiger partial charge in [0.1, 0.15) is 22.5 Å². The van der Waals surface area contributed by atoms with Gasteiger partial charge in [-0.05, 0) is 60.7 Å². The zero-order chi connectivity index (χ0) is 27.1. The average molecular weight is 537 g/mol. The van der Waals surface area contributed by atoms with Crippen LogP contribution in [0.25, 0.3) is 32.9 Å². The third kappa shape index (κ3) is 4.75. The number of carbonyl (C=O) groups is 1. The quantitative estimate of drug-likeness (QED) is 0.194. The number of H-pyrrole nitrogens is 2. The Kier molecular flexibility index (Phi) is 6.12. The third-order valence-corrected chi connectivity index (χ3v) is 6.99. The highest BCUT2D eigenvalue weighted by atomic mass is 35.5. The maximum Gasteiger partial charge on any atom is 0.251 e. The Morgan fingerprint density at radius 3 is 2.59 bits per heavy atom. The summed E-state index contributed by atoms with van der Waals surface area (Å²) in [7, 11) is 0. The van der Waals surface area contributed by atoms with Crippen LogP contribution in [0.3, 0.4) is 0 Å². The molecule has 0 bridgehead atoms. The van der Waals surface area contributed by atoms with E-state index in [2.05, 4.69) is 25.5 Å². The predicted octanol–water partition coefficient (Wildman–Crippen LogP) is 5.34. The lowest BCUT2D eigenvalue weighted by atomic mass is 10.0. The van der Waals surface area contributed by atoms with Crippen molar-refractivity contribution >= 4 is 50.8 Å². The minimum absolute atomic E-state index is 0.241. The van der Waals surface area contributed by atoms with E-state index in [1.165, 1.54) is 0 Å². The Hall–Kier alpha value is -4.89. The van der Waals surface area contributed by atoms with Crippen molar-refractivity contribution < 1.29 is 4.79 Å². The van der Waals surface area contributed by atoms with Gasteiger partial charge in [-0.25, -0.2) is 9.97 Å². The number of halogens is 1. The maximum absolute atomic E-state index is 13.5. The monoisotopic (exact) mass is 536 g/mol. The molecule has 0 radical (unpaired) electrons. The molecule has 1 amide bonds. The van der Waals surface area contributed by atoms with Gasteiger partial charge in [0.05, 0.1) is 11.6 Å². The molecule has 1 atom stereocenters. The van der Waals surface area contributed by atoms with Gasteiger partial charge in [-0.3, -0.25) is 9.89 Å². The SMILES string of the molecule is Cc1cc2cc(C(=O)NC(Cc3ccccc3)c3nc(-c4ccc5c(N)n[nH]c5c4)c(Cl)[nH]3)ccc2c(N)n1. The number of fused-ring (bicyclic) bond motifs is 2. The second-order valence-corrected chi connectivity index (χ2v) is 9.83. The van der Waals surface area contributed by atoms with E-state index in [4.69, 9.17) is 28.1 Å². The van der Waals surface area contributed by atoms with Crippen LogP contribution in [0, 0.1) is 6.92 Å². The van der Waals surface area contributed by atoms with Gasteiger partial charge in [0.25, 0.3) is 5.91 Å². The van der Waals surface area contributed by atoms with Crippen molar-refractivity contribution in [1.82, 2.24) is 30.5 Å². The van der Waals surface area contributed by atoms with Gasteiger partial charge in [0.2, 0.25) is 0 Å². The first kappa shape index (κ1) is 24.4. The topological polar surface area (TPSA) is 151 Å². The highest BCUT2D eigenvalue weighted by Crippen LogP contribution is 2.31. The smallest absolute Gasteiger partial charge is 0.251 e. The Bertz CT molecular complexity index is 1840. The van der Waals surface area contributed by atoms with Gasteiger partial charge in [0, 0.05) is 27.6 Å². The van der Waals surface area contributed by atoms with Gasteiger partial charge in [-0.2, -0.15) is 5.10 Å². The molecule has 0 saturated heterocycles. The molecular weight excluding hydrogens is 512 g/mol. The van der Waals surface area contributed by atoms with Gasteiger partial charge in [-0.15, -0.1) is 0 Å². The molecule has 9 nitrogen and oxygen atoms in total. The molecule has 0 aliphatic carbocycles. The van der Waals surface area contributed by atoms with E-state index >= 15 is 0 Å². The number of anilines is 2. The lowest BCUT2D eigenvalue weighted by molar-refractivity contribution is 0.0935. The van der Waals surface area contributed by atoms with E-state index < -0.39 is 6.04 Å². The minimum Gasteiger partial charge on any atom is -0.383 e. The number of aromatic amines is 2. The molecule has 0 spiro atoms. The van der Waals surface area contributed by atoms with Crippen molar-refractivity contribution in [3.63, 3.8) is 0 Å². The molecule has 0 aliphatic heterocycles. The van der Waals surface area contributed by atoms with E-state index in [1.807, 2.05) is 73.7 Å².